The number of nitrogens with zero attached hydrogens (tertiary/aromatic N) is 2. The molecular formula is C24H20N2O6. The summed E-state index contributed by atoms with van der Waals surface area (Å²) in [7, 11) is 0. The van der Waals surface area contributed by atoms with Gasteiger partial charge in [0.05, 0.1) is 23.6 Å². The molecule has 162 valence electrons. The fourth-order valence-electron chi connectivity index (χ4n) is 3.84. The summed E-state index contributed by atoms with van der Waals surface area (Å²) in [6, 6.07) is 17.9. The van der Waals surface area contributed by atoms with Crippen molar-refractivity contribution in [3.8, 4) is 5.75 Å². The summed E-state index contributed by atoms with van der Waals surface area (Å²) in [4.78, 5) is 37.5. The number of carbonyl (C=O) groups is 2. The Hall–Kier alpha value is -4.04. The number of aldehydes is 1. The van der Waals surface area contributed by atoms with Gasteiger partial charge >= 0.3 is 0 Å². The summed E-state index contributed by atoms with van der Waals surface area (Å²) in [5, 5.41) is 21.7. The van der Waals surface area contributed by atoms with Crippen LogP contribution in [0.3, 0.4) is 0 Å². The lowest BCUT2D eigenvalue weighted by molar-refractivity contribution is -0.385. The van der Waals surface area contributed by atoms with Gasteiger partial charge in [-0.15, -0.1) is 0 Å². The minimum Gasteiger partial charge on any atom is -0.488 e. The first-order valence-corrected chi connectivity index (χ1v) is 9.99. The Bertz CT molecular complexity index is 1180. The zero-order valence-corrected chi connectivity index (χ0v) is 17.0. The zero-order chi connectivity index (χ0) is 22.7. The number of aliphatic hydroxyl groups is 1. The maximum absolute atomic E-state index is 13.4. The Kier molecular flexibility index (Phi) is 5.96. The van der Waals surface area contributed by atoms with Crippen LogP contribution in [-0.2, 0) is 24.4 Å². The van der Waals surface area contributed by atoms with Crippen molar-refractivity contribution in [1.82, 2.24) is 0 Å². The lowest BCUT2D eigenvalue weighted by Gasteiger charge is -2.22. The molecule has 0 aliphatic carbocycles. The Labute approximate surface area is 183 Å². The van der Waals surface area contributed by atoms with E-state index in [4.69, 9.17) is 4.74 Å². The molecule has 0 radical (unpaired) electrons. The number of hydrogen-bond donors (Lipinski definition) is 1. The number of nitro groups is 1. The SMILES string of the molecule is O=C[C@@H]1Cc2ccccc2N1C(=O)c1cc(CO)c(OCc2ccccc2)cc1[N+](=O)[O-]. The van der Waals surface area contributed by atoms with Crippen LogP contribution in [0.5, 0.6) is 5.75 Å². The standard InChI is InChI=1S/C24H20N2O6/c27-13-18-11-20(24(29)25-19(14-28)10-17-8-4-5-9-21(17)25)22(26(30)31)12-23(18)32-15-16-6-2-1-3-7-16/h1-9,11-12,14,19,27H,10,13,15H2/t19-/m0/s1. The lowest BCUT2D eigenvalue weighted by Crippen LogP contribution is -2.39. The third kappa shape index (κ3) is 3.95. The number of amides is 1. The maximum Gasteiger partial charge on any atom is 0.285 e. The molecule has 0 unspecified atom stereocenters. The normalized spacial score (nSPS) is 14.7. The van der Waals surface area contributed by atoms with Gasteiger partial charge in [0.15, 0.2) is 0 Å². The van der Waals surface area contributed by atoms with Crippen LogP contribution in [0.15, 0.2) is 66.7 Å². The fraction of sp³-hybridized carbons (Fsp3) is 0.167. The number of anilines is 1. The van der Waals surface area contributed by atoms with Crippen LogP contribution in [0, 0.1) is 10.1 Å². The Balaban J connectivity index is 1.73. The summed E-state index contributed by atoms with van der Waals surface area (Å²) in [5.41, 5.74) is 1.77. The molecule has 1 aliphatic rings. The molecule has 1 atom stereocenters. The minimum absolute atomic E-state index is 0.119. The first-order chi connectivity index (χ1) is 15.5. The van der Waals surface area contributed by atoms with Gasteiger partial charge in [0.2, 0.25) is 0 Å². The molecule has 0 saturated carbocycles. The van der Waals surface area contributed by atoms with E-state index in [0.29, 0.717) is 18.4 Å². The molecule has 4 rings (SSSR count). The van der Waals surface area contributed by atoms with E-state index in [1.165, 1.54) is 11.0 Å². The number of nitro benzene ring substituents is 1. The van der Waals surface area contributed by atoms with Crippen molar-refractivity contribution in [2.45, 2.75) is 25.7 Å². The Morgan fingerprint density at radius 1 is 1.16 bits per heavy atom. The summed E-state index contributed by atoms with van der Waals surface area (Å²) in [5.74, 6) is -0.559. The van der Waals surface area contributed by atoms with Gasteiger partial charge in [-0.2, -0.15) is 0 Å². The van der Waals surface area contributed by atoms with Gasteiger partial charge in [0.1, 0.15) is 24.2 Å². The number of para-hydroxylation sites is 1. The molecule has 1 heterocycles. The van der Waals surface area contributed by atoms with Gasteiger partial charge < -0.3 is 14.6 Å². The van der Waals surface area contributed by atoms with Crippen LogP contribution in [0.25, 0.3) is 0 Å². The van der Waals surface area contributed by atoms with Gasteiger partial charge in [0, 0.05) is 17.7 Å². The number of hydrogen-bond acceptors (Lipinski definition) is 6. The van der Waals surface area contributed by atoms with Gasteiger partial charge in [-0.05, 0) is 23.3 Å². The van der Waals surface area contributed by atoms with Crippen molar-refractivity contribution >= 4 is 23.6 Å². The van der Waals surface area contributed by atoms with Crippen LogP contribution in [0.2, 0.25) is 0 Å². The number of carbonyl (C=O) groups excluding carboxylic acids is 2. The van der Waals surface area contributed by atoms with Crippen molar-refractivity contribution in [1.29, 1.82) is 0 Å². The third-order valence-electron chi connectivity index (χ3n) is 5.40. The van der Waals surface area contributed by atoms with E-state index < -0.39 is 29.2 Å². The molecule has 1 amide bonds. The van der Waals surface area contributed by atoms with E-state index in [0.717, 1.165) is 17.2 Å². The molecular weight excluding hydrogens is 412 g/mol. The summed E-state index contributed by atoms with van der Waals surface area (Å²) in [6.45, 7) is -0.332. The topological polar surface area (TPSA) is 110 Å². The molecule has 0 bridgehead atoms. The van der Waals surface area contributed by atoms with E-state index in [1.54, 1.807) is 18.2 Å². The van der Waals surface area contributed by atoms with Crippen LogP contribution in [0.1, 0.15) is 27.0 Å². The number of rotatable bonds is 7. The average molecular weight is 432 g/mol. The molecule has 0 spiro atoms. The quantitative estimate of drug-likeness (QED) is 0.348. The monoisotopic (exact) mass is 432 g/mol. The van der Waals surface area contributed by atoms with Gasteiger partial charge in [-0.25, -0.2) is 0 Å². The highest BCUT2D eigenvalue weighted by Crippen LogP contribution is 2.36. The van der Waals surface area contributed by atoms with Gasteiger partial charge in [0.25, 0.3) is 11.6 Å². The largest absolute Gasteiger partial charge is 0.488 e. The first-order valence-electron chi connectivity index (χ1n) is 9.99. The molecule has 0 saturated heterocycles. The van der Waals surface area contributed by atoms with Gasteiger partial charge in [-0.3, -0.25) is 19.8 Å². The molecule has 0 aromatic heterocycles. The van der Waals surface area contributed by atoms with Gasteiger partial charge in [-0.1, -0.05) is 48.5 Å². The Morgan fingerprint density at radius 2 is 1.88 bits per heavy atom. The van der Waals surface area contributed by atoms with Crippen LogP contribution in [-0.4, -0.2) is 28.3 Å². The highest BCUT2D eigenvalue weighted by molar-refractivity contribution is 6.12. The molecule has 1 aliphatic heterocycles. The van der Waals surface area contributed by atoms with E-state index in [-0.39, 0.29) is 23.5 Å². The van der Waals surface area contributed by atoms with E-state index in [9.17, 15) is 24.8 Å². The van der Waals surface area contributed by atoms with Crippen molar-refractivity contribution < 1.29 is 24.4 Å². The number of ether oxygens (including phenoxy) is 1. The Morgan fingerprint density at radius 3 is 2.56 bits per heavy atom. The van der Waals surface area contributed by atoms with E-state index in [1.807, 2.05) is 36.4 Å². The van der Waals surface area contributed by atoms with Crippen molar-refractivity contribution in [3.63, 3.8) is 0 Å². The first kappa shape index (κ1) is 21.2. The second-order valence-corrected chi connectivity index (χ2v) is 7.38. The predicted molar refractivity (Wildman–Crippen MR) is 117 cm³/mol. The van der Waals surface area contributed by atoms with Crippen molar-refractivity contribution in [3.05, 3.63) is 99.1 Å². The lowest BCUT2D eigenvalue weighted by atomic mass is 10.1. The number of fused-ring (bicyclic) bond motifs is 1. The maximum atomic E-state index is 13.4. The highest BCUT2D eigenvalue weighted by Gasteiger charge is 2.37. The molecule has 32 heavy (non-hydrogen) atoms. The summed E-state index contributed by atoms with van der Waals surface area (Å²) < 4.78 is 5.72. The molecule has 8 nitrogen and oxygen atoms in total. The molecule has 3 aromatic carbocycles. The second kappa shape index (κ2) is 8.99. The second-order valence-electron chi connectivity index (χ2n) is 7.38. The van der Waals surface area contributed by atoms with Crippen molar-refractivity contribution in [2.75, 3.05) is 4.90 Å². The average Bonchev–Trinajstić information content (AvgIpc) is 3.21. The predicted octanol–water partition coefficient (Wildman–Crippen LogP) is 3.44. The van der Waals surface area contributed by atoms with Crippen molar-refractivity contribution in [2.24, 2.45) is 0 Å². The summed E-state index contributed by atoms with van der Waals surface area (Å²) >= 11 is 0. The summed E-state index contributed by atoms with van der Waals surface area (Å²) in [6.07, 6.45) is 0.998. The van der Waals surface area contributed by atoms with E-state index >= 15 is 0 Å². The van der Waals surface area contributed by atoms with E-state index in [2.05, 4.69) is 0 Å². The minimum atomic E-state index is -0.758. The fourth-order valence-corrected chi connectivity index (χ4v) is 3.84. The van der Waals surface area contributed by atoms with Crippen LogP contribution < -0.4 is 9.64 Å². The van der Waals surface area contributed by atoms with Crippen LogP contribution >= 0.6 is 0 Å². The molecule has 0 fully saturated rings. The molecule has 3 aromatic rings. The third-order valence-corrected chi connectivity index (χ3v) is 5.40. The zero-order valence-electron chi connectivity index (χ0n) is 17.0. The number of aliphatic hydroxyl groups excluding tert-OH is 1. The molecule has 8 heteroatoms. The smallest absolute Gasteiger partial charge is 0.285 e. The van der Waals surface area contributed by atoms with Crippen LogP contribution in [0.4, 0.5) is 11.4 Å². The molecule has 1 N–H and O–H groups in total. The number of benzene rings is 3. The highest BCUT2D eigenvalue weighted by atomic mass is 16.6.